The topological polar surface area (TPSA) is 55.4 Å². The van der Waals surface area contributed by atoms with Crippen LogP contribution >= 0.6 is 0 Å². The third-order valence-electron chi connectivity index (χ3n) is 1.80. The van der Waals surface area contributed by atoms with Crippen LogP contribution in [0.3, 0.4) is 0 Å². The number of esters is 1. The van der Waals surface area contributed by atoms with Crippen LogP contribution in [0.4, 0.5) is 0 Å². The van der Waals surface area contributed by atoms with Crippen LogP contribution in [0, 0.1) is 5.92 Å². The van der Waals surface area contributed by atoms with E-state index in [1.54, 1.807) is 0 Å². The molecule has 1 amide bonds. The maximum atomic E-state index is 11.0. The van der Waals surface area contributed by atoms with Gasteiger partial charge in [0.2, 0.25) is 5.91 Å². The molecule has 0 unspecified atom stereocenters. The average molecular weight is 171 g/mol. The summed E-state index contributed by atoms with van der Waals surface area (Å²) < 4.78 is 4.42. The molecule has 0 radical (unpaired) electrons. The Morgan fingerprint density at radius 2 is 2.17 bits per heavy atom. The quantitative estimate of drug-likeness (QED) is 0.609. The van der Waals surface area contributed by atoms with Crippen molar-refractivity contribution in [2.45, 2.75) is 19.3 Å². The van der Waals surface area contributed by atoms with Gasteiger partial charge in [-0.3, -0.25) is 9.59 Å². The number of hydrogen-bond donors (Lipinski definition) is 1. The summed E-state index contributed by atoms with van der Waals surface area (Å²) in [6, 6.07) is 0. The van der Waals surface area contributed by atoms with Crippen LogP contribution in [-0.2, 0) is 14.3 Å². The molecule has 4 heteroatoms. The van der Waals surface area contributed by atoms with Crippen molar-refractivity contribution in [1.29, 1.82) is 0 Å². The van der Waals surface area contributed by atoms with Gasteiger partial charge in [0.05, 0.1) is 13.5 Å². The number of methoxy groups -OCH3 is 1. The molecular weight excluding hydrogens is 158 g/mol. The first-order chi connectivity index (χ1) is 5.74. The van der Waals surface area contributed by atoms with Crippen LogP contribution in [0.25, 0.3) is 0 Å². The van der Waals surface area contributed by atoms with Crippen molar-refractivity contribution in [3.8, 4) is 0 Å². The monoisotopic (exact) mass is 171 g/mol. The van der Waals surface area contributed by atoms with Crippen molar-refractivity contribution in [1.82, 2.24) is 5.32 Å². The zero-order chi connectivity index (χ0) is 8.97. The van der Waals surface area contributed by atoms with E-state index in [4.69, 9.17) is 0 Å². The van der Waals surface area contributed by atoms with Gasteiger partial charge in [0.1, 0.15) is 0 Å². The molecule has 0 bridgehead atoms. The van der Waals surface area contributed by atoms with E-state index in [0.29, 0.717) is 6.54 Å². The average Bonchev–Trinajstić information content (AvgIpc) is 2.86. The van der Waals surface area contributed by atoms with Crippen LogP contribution in [0.15, 0.2) is 0 Å². The highest BCUT2D eigenvalue weighted by atomic mass is 16.5. The number of hydrogen-bond acceptors (Lipinski definition) is 3. The number of carbonyl (C=O) groups excluding carboxylic acids is 2. The van der Waals surface area contributed by atoms with Crippen molar-refractivity contribution in [3.63, 3.8) is 0 Å². The summed E-state index contributed by atoms with van der Waals surface area (Å²) in [6.07, 6.45) is 2.24. The molecule has 1 aliphatic carbocycles. The smallest absolute Gasteiger partial charge is 0.307 e. The van der Waals surface area contributed by atoms with Crippen molar-refractivity contribution >= 4 is 11.9 Å². The van der Waals surface area contributed by atoms with Gasteiger partial charge >= 0.3 is 5.97 Å². The normalized spacial score (nSPS) is 15.4. The molecule has 1 aliphatic rings. The first kappa shape index (κ1) is 9.03. The molecule has 68 valence electrons. The SMILES string of the molecule is COC(=O)CCNC(=O)C1CC1. The fourth-order valence-electron chi connectivity index (χ4n) is 0.880. The van der Waals surface area contributed by atoms with Gasteiger partial charge in [-0.2, -0.15) is 0 Å². The van der Waals surface area contributed by atoms with Crippen molar-refractivity contribution in [3.05, 3.63) is 0 Å². The van der Waals surface area contributed by atoms with Gasteiger partial charge < -0.3 is 10.1 Å². The van der Waals surface area contributed by atoms with Crippen LogP contribution in [0.2, 0.25) is 0 Å². The molecule has 0 spiro atoms. The standard InChI is InChI=1S/C8H13NO3/c1-12-7(10)4-5-9-8(11)6-2-3-6/h6H,2-5H2,1H3,(H,9,11). The van der Waals surface area contributed by atoms with Gasteiger partial charge in [0, 0.05) is 12.5 Å². The van der Waals surface area contributed by atoms with E-state index in [1.807, 2.05) is 0 Å². The van der Waals surface area contributed by atoms with Gasteiger partial charge in [-0.15, -0.1) is 0 Å². The van der Waals surface area contributed by atoms with E-state index in [-0.39, 0.29) is 24.2 Å². The van der Waals surface area contributed by atoms with Crippen LogP contribution in [0.1, 0.15) is 19.3 Å². The van der Waals surface area contributed by atoms with Gasteiger partial charge in [-0.1, -0.05) is 0 Å². The minimum absolute atomic E-state index is 0.0684. The molecule has 0 atom stereocenters. The van der Waals surface area contributed by atoms with E-state index < -0.39 is 0 Å². The fourth-order valence-corrected chi connectivity index (χ4v) is 0.880. The Labute approximate surface area is 71.3 Å². The highest BCUT2D eigenvalue weighted by Gasteiger charge is 2.29. The molecule has 12 heavy (non-hydrogen) atoms. The first-order valence-corrected chi connectivity index (χ1v) is 4.08. The molecular formula is C8H13NO3. The van der Waals surface area contributed by atoms with Crippen LogP contribution < -0.4 is 5.32 Å². The molecule has 0 saturated heterocycles. The summed E-state index contributed by atoms with van der Waals surface area (Å²) in [4.78, 5) is 21.6. The summed E-state index contributed by atoms with van der Waals surface area (Å²) in [7, 11) is 1.34. The number of carbonyl (C=O) groups is 2. The lowest BCUT2D eigenvalue weighted by molar-refractivity contribution is -0.140. The van der Waals surface area contributed by atoms with E-state index in [2.05, 4.69) is 10.1 Å². The van der Waals surface area contributed by atoms with Gasteiger partial charge in [0.15, 0.2) is 0 Å². The molecule has 1 fully saturated rings. The Hall–Kier alpha value is -1.06. The lowest BCUT2D eigenvalue weighted by Crippen LogP contribution is -2.27. The summed E-state index contributed by atoms with van der Waals surface area (Å²) in [5, 5.41) is 2.67. The third kappa shape index (κ3) is 2.90. The Morgan fingerprint density at radius 1 is 1.50 bits per heavy atom. The van der Waals surface area contributed by atoms with Crippen molar-refractivity contribution < 1.29 is 14.3 Å². The molecule has 0 aromatic rings. The zero-order valence-corrected chi connectivity index (χ0v) is 7.13. The lowest BCUT2D eigenvalue weighted by Gasteiger charge is -2.01. The summed E-state index contributed by atoms with van der Waals surface area (Å²) >= 11 is 0. The van der Waals surface area contributed by atoms with E-state index in [0.717, 1.165) is 12.8 Å². The summed E-state index contributed by atoms with van der Waals surface area (Å²) in [6.45, 7) is 0.391. The Kier molecular flexibility index (Phi) is 3.08. The molecule has 0 heterocycles. The van der Waals surface area contributed by atoms with Crippen LogP contribution in [-0.4, -0.2) is 25.5 Å². The highest BCUT2D eigenvalue weighted by molar-refractivity contribution is 5.81. The number of ether oxygens (including phenoxy) is 1. The second-order valence-electron chi connectivity index (χ2n) is 2.89. The van der Waals surface area contributed by atoms with Crippen LogP contribution in [0.5, 0.6) is 0 Å². The van der Waals surface area contributed by atoms with E-state index >= 15 is 0 Å². The number of nitrogens with one attached hydrogen (secondary N) is 1. The predicted octanol–water partition coefficient (Wildman–Crippen LogP) is 0.0757. The maximum absolute atomic E-state index is 11.0. The molecule has 4 nitrogen and oxygen atoms in total. The second kappa shape index (κ2) is 4.09. The molecule has 0 aliphatic heterocycles. The Balaban J connectivity index is 2.01. The molecule has 1 N–H and O–H groups in total. The summed E-state index contributed by atoms with van der Waals surface area (Å²) in [5.74, 6) is -0.00681. The minimum Gasteiger partial charge on any atom is -0.469 e. The third-order valence-corrected chi connectivity index (χ3v) is 1.80. The van der Waals surface area contributed by atoms with Gasteiger partial charge in [-0.05, 0) is 12.8 Å². The van der Waals surface area contributed by atoms with Crippen molar-refractivity contribution in [2.24, 2.45) is 5.92 Å². The molecule has 0 aromatic carbocycles. The number of rotatable bonds is 4. The van der Waals surface area contributed by atoms with Gasteiger partial charge in [-0.25, -0.2) is 0 Å². The Morgan fingerprint density at radius 3 is 2.67 bits per heavy atom. The molecule has 1 saturated carbocycles. The molecule has 0 aromatic heterocycles. The largest absolute Gasteiger partial charge is 0.469 e. The lowest BCUT2D eigenvalue weighted by atomic mass is 10.3. The Bertz CT molecular complexity index is 187. The number of amides is 1. The van der Waals surface area contributed by atoms with E-state index in [1.165, 1.54) is 7.11 Å². The summed E-state index contributed by atoms with van der Waals surface area (Å²) in [5.41, 5.74) is 0. The second-order valence-corrected chi connectivity index (χ2v) is 2.89. The first-order valence-electron chi connectivity index (χ1n) is 4.08. The van der Waals surface area contributed by atoms with Gasteiger partial charge in [0.25, 0.3) is 0 Å². The fraction of sp³-hybridized carbons (Fsp3) is 0.750. The van der Waals surface area contributed by atoms with Crippen molar-refractivity contribution in [2.75, 3.05) is 13.7 Å². The minimum atomic E-state index is -0.286. The molecule has 1 rings (SSSR count). The van der Waals surface area contributed by atoms with E-state index in [9.17, 15) is 9.59 Å². The zero-order valence-electron chi connectivity index (χ0n) is 7.13. The highest BCUT2D eigenvalue weighted by Crippen LogP contribution is 2.28. The maximum Gasteiger partial charge on any atom is 0.307 e. The predicted molar refractivity (Wildman–Crippen MR) is 42.4 cm³/mol.